The van der Waals surface area contributed by atoms with Gasteiger partial charge in [-0.25, -0.2) is 28.8 Å². The molecule has 0 unspecified atom stereocenters. The Balaban J connectivity index is -0.000000163. The lowest BCUT2D eigenvalue weighted by Gasteiger charge is -2.00. The Hall–Kier alpha value is -5.16. The summed E-state index contributed by atoms with van der Waals surface area (Å²) in [4.78, 5) is 123. The molecular formula is C47H82O18. The van der Waals surface area contributed by atoms with Crippen LogP contribution in [0.4, 0.5) is 0 Å². The predicted octanol–water partition coefficient (Wildman–Crippen LogP) is 8.97. The van der Waals surface area contributed by atoms with Crippen molar-refractivity contribution < 1.29 is 87.8 Å². The summed E-state index contributed by atoms with van der Waals surface area (Å²) in [7, 11) is 1.23. The number of esters is 1. The summed E-state index contributed by atoms with van der Waals surface area (Å²) in [6, 6.07) is 0. The standard InChI is InChI=1S/C12H22O3.C9H16O3.C8H14O3.C7H12O3.C6H10O3.C5H8O3/c1-2-3-4-5-6-7-8-9-10-11(13)12(14)15;1-3-4-5-6-7-8(10)9(11)12-2;1-2-3-4-5-6-7(9)8(10)11;1-2-3-4-5-6(8)7(9)10;1-2-3-4-5(7)6(8)9;1-2-3-4(6)5(7)8/h2-10H2,1H3,(H,14,15);3-7H2,1-2H3;2-6H2,1H3,(H,10,11);2-5H2,1H3,(H,9,10);2-4H2,1H3,(H,8,9);2-3H2,1H3,(H,7,8). The van der Waals surface area contributed by atoms with Crippen LogP contribution in [0.5, 0.6) is 0 Å². The fourth-order valence-corrected chi connectivity index (χ4v) is 4.69. The first-order chi connectivity index (χ1) is 30.6. The quantitative estimate of drug-likeness (QED) is 0.0228. The molecule has 378 valence electrons. The fourth-order valence-electron chi connectivity index (χ4n) is 4.69. The van der Waals surface area contributed by atoms with Gasteiger partial charge in [-0.1, -0.05) is 144 Å². The zero-order valence-corrected chi connectivity index (χ0v) is 40.3. The topological polar surface area (TPSA) is 315 Å². The van der Waals surface area contributed by atoms with E-state index in [-0.39, 0.29) is 32.1 Å². The number of unbranched alkanes of at least 4 members (excludes halogenated alkanes) is 16. The smallest absolute Gasteiger partial charge is 0.374 e. The highest BCUT2D eigenvalue weighted by molar-refractivity contribution is 6.34. The first-order valence-corrected chi connectivity index (χ1v) is 23.0. The van der Waals surface area contributed by atoms with E-state index >= 15 is 0 Å². The molecule has 0 fully saturated rings. The van der Waals surface area contributed by atoms with Gasteiger partial charge in [0.2, 0.25) is 34.7 Å². The molecule has 0 aliphatic heterocycles. The van der Waals surface area contributed by atoms with Gasteiger partial charge in [-0.3, -0.25) is 28.8 Å². The van der Waals surface area contributed by atoms with Crippen molar-refractivity contribution in [2.45, 2.75) is 221 Å². The summed E-state index contributed by atoms with van der Waals surface area (Å²) in [6.07, 6.45) is 23.0. The molecule has 0 amide bonds. The minimum atomic E-state index is -1.33. The van der Waals surface area contributed by atoms with E-state index < -0.39 is 70.5 Å². The lowest BCUT2D eigenvalue weighted by Crippen LogP contribution is -2.14. The Kier molecular flexibility index (Phi) is 60.4. The number of Topliss-reactive ketones (excluding diaryl/α,β-unsaturated/α-hetero) is 6. The highest BCUT2D eigenvalue weighted by Gasteiger charge is 2.13. The monoisotopic (exact) mass is 935 g/mol. The number of hydrogen-bond acceptors (Lipinski definition) is 13. The molecule has 0 aliphatic rings. The van der Waals surface area contributed by atoms with Gasteiger partial charge >= 0.3 is 35.8 Å². The van der Waals surface area contributed by atoms with Gasteiger partial charge in [-0.15, -0.1) is 0 Å². The van der Waals surface area contributed by atoms with Gasteiger partial charge in [0.05, 0.1) is 7.11 Å². The van der Waals surface area contributed by atoms with Crippen LogP contribution in [0.15, 0.2) is 0 Å². The molecule has 0 saturated carbocycles. The molecule has 0 aromatic rings. The maximum Gasteiger partial charge on any atom is 0.374 e. The minimum Gasteiger partial charge on any atom is -0.476 e. The van der Waals surface area contributed by atoms with E-state index in [0.29, 0.717) is 32.1 Å². The molecule has 0 aromatic carbocycles. The third kappa shape index (κ3) is 63.2. The van der Waals surface area contributed by atoms with Crippen LogP contribution in [0.3, 0.4) is 0 Å². The van der Waals surface area contributed by atoms with Crippen molar-refractivity contribution in [3.05, 3.63) is 0 Å². The molecule has 18 heteroatoms. The number of carboxylic acid groups (broad SMARTS) is 5. The normalized spacial score (nSPS) is 9.46. The van der Waals surface area contributed by atoms with Crippen LogP contribution in [0.2, 0.25) is 0 Å². The Bertz CT molecular complexity index is 1350. The molecule has 18 nitrogen and oxygen atoms in total. The maximum atomic E-state index is 10.9. The Morgan fingerprint density at radius 1 is 0.262 bits per heavy atom. The number of aliphatic carboxylic acids is 5. The molecule has 0 saturated heterocycles. The van der Waals surface area contributed by atoms with Crippen molar-refractivity contribution in [2.24, 2.45) is 0 Å². The molecule has 0 heterocycles. The second-order valence-electron chi connectivity index (χ2n) is 14.7. The van der Waals surface area contributed by atoms with Gasteiger partial charge in [0.25, 0.3) is 0 Å². The minimum absolute atomic E-state index is 0.148. The van der Waals surface area contributed by atoms with Crippen LogP contribution in [0.1, 0.15) is 221 Å². The molecule has 0 spiro atoms. The number of ether oxygens (including phenoxy) is 1. The van der Waals surface area contributed by atoms with Crippen LogP contribution in [0, 0.1) is 0 Å². The van der Waals surface area contributed by atoms with E-state index in [1.807, 2.05) is 13.8 Å². The van der Waals surface area contributed by atoms with Crippen LogP contribution in [-0.2, 0) is 62.3 Å². The lowest BCUT2D eigenvalue weighted by atomic mass is 10.1. The van der Waals surface area contributed by atoms with Gasteiger partial charge in [0.15, 0.2) is 0 Å². The van der Waals surface area contributed by atoms with Crippen molar-refractivity contribution in [1.82, 2.24) is 0 Å². The van der Waals surface area contributed by atoms with E-state index in [9.17, 15) is 57.5 Å². The number of carboxylic acids is 5. The average molecular weight is 935 g/mol. The summed E-state index contributed by atoms with van der Waals surface area (Å²) in [6.45, 7) is 12.0. The zero-order valence-electron chi connectivity index (χ0n) is 40.3. The molecule has 5 N–H and O–H groups in total. The lowest BCUT2D eigenvalue weighted by molar-refractivity contribution is -0.151. The van der Waals surface area contributed by atoms with E-state index in [4.69, 9.17) is 25.5 Å². The van der Waals surface area contributed by atoms with Crippen molar-refractivity contribution in [1.29, 1.82) is 0 Å². The summed E-state index contributed by atoms with van der Waals surface area (Å²) >= 11 is 0. The zero-order chi connectivity index (χ0) is 51.4. The highest BCUT2D eigenvalue weighted by Crippen LogP contribution is 2.10. The van der Waals surface area contributed by atoms with Gasteiger partial charge < -0.3 is 30.3 Å². The first kappa shape index (κ1) is 71.5. The van der Waals surface area contributed by atoms with Crippen molar-refractivity contribution in [3.8, 4) is 0 Å². The number of rotatable bonds is 34. The van der Waals surface area contributed by atoms with Crippen LogP contribution >= 0.6 is 0 Å². The average Bonchev–Trinajstić information content (AvgIpc) is 3.27. The van der Waals surface area contributed by atoms with Crippen molar-refractivity contribution >= 4 is 70.5 Å². The highest BCUT2D eigenvalue weighted by atomic mass is 16.5. The van der Waals surface area contributed by atoms with Crippen molar-refractivity contribution in [3.63, 3.8) is 0 Å². The fraction of sp³-hybridized carbons (Fsp3) is 0.745. The summed E-state index contributed by atoms with van der Waals surface area (Å²) < 4.78 is 4.28. The van der Waals surface area contributed by atoms with Crippen LogP contribution < -0.4 is 0 Å². The second-order valence-corrected chi connectivity index (χ2v) is 14.7. The van der Waals surface area contributed by atoms with E-state index in [1.54, 1.807) is 6.92 Å². The number of carbonyl (C=O) groups is 12. The summed E-state index contributed by atoms with van der Waals surface area (Å²) in [5.41, 5.74) is 0. The molecule has 0 aromatic heterocycles. The van der Waals surface area contributed by atoms with E-state index in [1.165, 1.54) is 39.2 Å². The Morgan fingerprint density at radius 2 is 0.462 bits per heavy atom. The van der Waals surface area contributed by atoms with Gasteiger partial charge in [-0.2, -0.15) is 0 Å². The maximum absolute atomic E-state index is 10.9. The largest absolute Gasteiger partial charge is 0.476 e. The SMILES string of the molecule is CCCC(=O)C(=O)O.CCCCC(=O)C(=O)O.CCCCCC(=O)C(=O)O.CCCCCCC(=O)C(=O)O.CCCCCCC(=O)C(=O)OC.CCCCCCCCCCC(=O)C(=O)O. The summed E-state index contributed by atoms with van der Waals surface area (Å²) in [5, 5.41) is 40.7. The first-order valence-electron chi connectivity index (χ1n) is 23.0. The number of ketones is 6. The predicted molar refractivity (Wildman–Crippen MR) is 244 cm³/mol. The van der Waals surface area contributed by atoms with E-state index in [0.717, 1.165) is 83.5 Å². The third-order valence-corrected chi connectivity index (χ3v) is 8.62. The van der Waals surface area contributed by atoms with Crippen LogP contribution in [0.25, 0.3) is 0 Å². The Labute approximate surface area is 386 Å². The van der Waals surface area contributed by atoms with Crippen LogP contribution in [-0.4, -0.2) is 103 Å². The van der Waals surface area contributed by atoms with Crippen molar-refractivity contribution in [2.75, 3.05) is 7.11 Å². The number of hydrogen-bond donors (Lipinski definition) is 5. The molecule has 0 bridgehead atoms. The molecule has 0 radical (unpaired) electrons. The molecule has 0 rings (SSSR count). The third-order valence-electron chi connectivity index (χ3n) is 8.62. The molecular weight excluding hydrogens is 852 g/mol. The molecule has 0 atom stereocenters. The molecule has 0 aliphatic carbocycles. The number of methoxy groups -OCH3 is 1. The number of carbonyl (C=O) groups excluding carboxylic acids is 7. The molecule has 65 heavy (non-hydrogen) atoms. The van der Waals surface area contributed by atoms with E-state index in [2.05, 4.69) is 25.5 Å². The van der Waals surface area contributed by atoms with Gasteiger partial charge in [0, 0.05) is 38.5 Å². The summed E-state index contributed by atoms with van der Waals surface area (Å²) in [5.74, 6) is -11.1. The van der Waals surface area contributed by atoms with Gasteiger partial charge in [0.1, 0.15) is 0 Å². The van der Waals surface area contributed by atoms with Gasteiger partial charge in [-0.05, 0) is 38.5 Å². The second kappa shape index (κ2) is 55.0. The Morgan fingerprint density at radius 3 is 0.708 bits per heavy atom.